The van der Waals surface area contributed by atoms with Crippen molar-refractivity contribution in [1.29, 1.82) is 0 Å². The minimum Gasteiger partial charge on any atom is -0.462 e. The maximum atomic E-state index is 12.3. The Morgan fingerprint density at radius 1 is 1.12 bits per heavy atom. The molecule has 0 aliphatic rings. The number of hydrogen-bond donors (Lipinski definition) is 1. The second-order valence-corrected chi connectivity index (χ2v) is 5.52. The molecule has 7 heteroatoms. The highest BCUT2D eigenvalue weighted by molar-refractivity contribution is 6.04. The molecule has 2 heterocycles. The van der Waals surface area contributed by atoms with Crippen molar-refractivity contribution < 1.29 is 14.3 Å². The predicted molar refractivity (Wildman–Crippen MR) is 96.3 cm³/mol. The molecule has 0 saturated carbocycles. The molecule has 26 heavy (non-hydrogen) atoms. The van der Waals surface area contributed by atoms with Gasteiger partial charge in [0.1, 0.15) is 0 Å². The number of anilines is 1. The zero-order valence-electron chi connectivity index (χ0n) is 14.3. The fourth-order valence-corrected chi connectivity index (χ4v) is 2.23. The molecule has 0 unspecified atom stereocenters. The lowest BCUT2D eigenvalue weighted by atomic mass is 10.2. The normalized spacial score (nSPS) is 10.3. The second-order valence-electron chi connectivity index (χ2n) is 5.52. The Morgan fingerprint density at radius 3 is 2.50 bits per heavy atom. The highest BCUT2D eigenvalue weighted by Crippen LogP contribution is 2.13. The van der Waals surface area contributed by atoms with Gasteiger partial charge in [-0.2, -0.15) is 5.10 Å². The van der Waals surface area contributed by atoms with Crippen LogP contribution < -0.4 is 5.32 Å². The molecule has 0 atom stereocenters. The SMILES string of the molecule is CCCOC(=O)c1ccc(NC(=O)c2ccc(-n3cccn3)nc2)cc1. The average Bonchev–Trinajstić information content (AvgIpc) is 3.21. The minimum atomic E-state index is -0.372. The van der Waals surface area contributed by atoms with Crippen molar-refractivity contribution >= 4 is 17.6 Å². The van der Waals surface area contributed by atoms with E-state index in [1.54, 1.807) is 59.5 Å². The van der Waals surface area contributed by atoms with Gasteiger partial charge in [0.25, 0.3) is 5.91 Å². The Morgan fingerprint density at radius 2 is 1.88 bits per heavy atom. The highest BCUT2D eigenvalue weighted by Gasteiger charge is 2.10. The third kappa shape index (κ3) is 4.13. The van der Waals surface area contributed by atoms with E-state index in [2.05, 4.69) is 15.4 Å². The summed E-state index contributed by atoms with van der Waals surface area (Å²) in [7, 11) is 0. The van der Waals surface area contributed by atoms with E-state index in [4.69, 9.17) is 4.74 Å². The fraction of sp³-hybridized carbons (Fsp3) is 0.158. The summed E-state index contributed by atoms with van der Waals surface area (Å²) in [5, 5.41) is 6.85. The Kier molecular flexibility index (Phi) is 5.38. The van der Waals surface area contributed by atoms with Crippen LogP contribution in [-0.4, -0.2) is 33.2 Å². The van der Waals surface area contributed by atoms with Gasteiger partial charge in [0, 0.05) is 24.3 Å². The lowest BCUT2D eigenvalue weighted by Gasteiger charge is -2.07. The first-order chi connectivity index (χ1) is 12.7. The van der Waals surface area contributed by atoms with Gasteiger partial charge in [0.15, 0.2) is 5.82 Å². The Labute approximate surface area is 150 Å². The van der Waals surface area contributed by atoms with Crippen LogP contribution in [0, 0.1) is 0 Å². The number of aromatic nitrogens is 3. The molecule has 3 rings (SSSR count). The first-order valence-electron chi connectivity index (χ1n) is 8.22. The number of amides is 1. The summed E-state index contributed by atoms with van der Waals surface area (Å²) >= 11 is 0. The minimum absolute atomic E-state index is 0.286. The number of esters is 1. The molecule has 0 aliphatic heterocycles. The van der Waals surface area contributed by atoms with Crippen molar-refractivity contribution in [2.24, 2.45) is 0 Å². The summed E-state index contributed by atoms with van der Waals surface area (Å²) in [6.45, 7) is 2.32. The van der Waals surface area contributed by atoms with Gasteiger partial charge in [-0.15, -0.1) is 0 Å². The van der Waals surface area contributed by atoms with Crippen molar-refractivity contribution in [2.45, 2.75) is 13.3 Å². The molecular formula is C19H18N4O3. The zero-order valence-corrected chi connectivity index (χ0v) is 14.3. The number of pyridine rings is 1. The van der Waals surface area contributed by atoms with Gasteiger partial charge in [-0.05, 0) is 48.9 Å². The number of carbonyl (C=O) groups is 2. The van der Waals surface area contributed by atoms with E-state index >= 15 is 0 Å². The molecule has 0 fully saturated rings. The van der Waals surface area contributed by atoms with Gasteiger partial charge < -0.3 is 10.1 Å². The van der Waals surface area contributed by atoms with E-state index < -0.39 is 0 Å². The lowest BCUT2D eigenvalue weighted by Crippen LogP contribution is -2.13. The fourth-order valence-electron chi connectivity index (χ4n) is 2.23. The van der Waals surface area contributed by atoms with Gasteiger partial charge in [-0.1, -0.05) is 6.92 Å². The van der Waals surface area contributed by atoms with Gasteiger partial charge >= 0.3 is 5.97 Å². The average molecular weight is 350 g/mol. The second kappa shape index (κ2) is 8.06. The van der Waals surface area contributed by atoms with E-state index in [-0.39, 0.29) is 11.9 Å². The third-order valence-corrected chi connectivity index (χ3v) is 3.56. The Hall–Kier alpha value is -3.48. The van der Waals surface area contributed by atoms with Crippen molar-refractivity contribution in [1.82, 2.24) is 14.8 Å². The third-order valence-electron chi connectivity index (χ3n) is 3.56. The summed E-state index contributed by atoms with van der Waals surface area (Å²) in [6, 6.07) is 11.7. The molecule has 1 amide bonds. The van der Waals surface area contributed by atoms with Crippen molar-refractivity contribution in [3.63, 3.8) is 0 Å². The molecule has 1 aromatic carbocycles. The molecule has 3 aromatic rings. The quantitative estimate of drug-likeness (QED) is 0.691. The Bertz CT molecular complexity index is 872. The molecule has 0 spiro atoms. The first kappa shape index (κ1) is 17.3. The van der Waals surface area contributed by atoms with Crippen molar-refractivity contribution in [2.75, 3.05) is 11.9 Å². The van der Waals surface area contributed by atoms with Crippen LogP contribution in [0.5, 0.6) is 0 Å². The molecular weight excluding hydrogens is 332 g/mol. The standard InChI is InChI=1S/C19H18N4O3/c1-2-12-26-19(25)14-4-7-16(8-5-14)22-18(24)15-6-9-17(20-13-15)23-11-3-10-21-23/h3-11,13H,2,12H2,1H3,(H,22,24). The summed E-state index contributed by atoms with van der Waals surface area (Å²) in [4.78, 5) is 28.3. The largest absolute Gasteiger partial charge is 0.462 e. The summed E-state index contributed by atoms with van der Waals surface area (Å²) in [5.41, 5.74) is 1.45. The van der Waals surface area contributed by atoms with Gasteiger partial charge in [0.05, 0.1) is 17.7 Å². The molecule has 0 aliphatic carbocycles. The van der Waals surface area contributed by atoms with Gasteiger partial charge in [-0.25, -0.2) is 14.5 Å². The van der Waals surface area contributed by atoms with Crippen LogP contribution >= 0.6 is 0 Å². The van der Waals surface area contributed by atoms with E-state index in [1.807, 2.05) is 6.92 Å². The molecule has 0 radical (unpaired) electrons. The van der Waals surface area contributed by atoms with E-state index in [1.165, 1.54) is 6.20 Å². The number of rotatable bonds is 6. The Balaban J connectivity index is 1.63. The highest BCUT2D eigenvalue weighted by atomic mass is 16.5. The van der Waals surface area contributed by atoms with Crippen LogP contribution in [0.3, 0.4) is 0 Å². The van der Waals surface area contributed by atoms with Crippen LogP contribution in [0.25, 0.3) is 5.82 Å². The molecule has 1 N–H and O–H groups in total. The van der Waals surface area contributed by atoms with E-state index in [9.17, 15) is 9.59 Å². The summed E-state index contributed by atoms with van der Waals surface area (Å²) < 4.78 is 6.68. The maximum Gasteiger partial charge on any atom is 0.338 e. The molecule has 0 bridgehead atoms. The predicted octanol–water partition coefficient (Wildman–Crippen LogP) is 3.09. The van der Waals surface area contributed by atoms with Crippen molar-refractivity contribution in [3.8, 4) is 5.82 Å². The number of ether oxygens (including phenoxy) is 1. The van der Waals surface area contributed by atoms with E-state index in [0.717, 1.165) is 6.42 Å². The topological polar surface area (TPSA) is 86.1 Å². The lowest BCUT2D eigenvalue weighted by molar-refractivity contribution is 0.0505. The van der Waals surface area contributed by atoms with Crippen molar-refractivity contribution in [3.05, 3.63) is 72.2 Å². The van der Waals surface area contributed by atoms with Gasteiger partial charge in [0.2, 0.25) is 0 Å². The summed E-state index contributed by atoms with van der Waals surface area (Å²) in [6.07, 6.45) is 5.69. The van der Waals surface area contributed by atoms with E-state index in [0.29, 0.717) is 29.2 Å². The first-order valence-corrected chi connectivity index (χ1v) is 8.22. The summed E-state index contributed by atoms with van der Waals surface area (Å²) in [5.74, 6) is -0.0320. The number of nitrogens with one attached hydrogen (secondary N) is 1. The van der Waals surface area contributed by atoms with Crippen LogP contribution in [0.2, 0.25) is 0 Å². The smallest absolute Gasteiger partial charge is 0.338 e. The maximum absolute atomic E-state index is 12.3. The molecule has 2 aromatic heterocycles. The number of hydrogen-bond acceptors (Lipinski definition) is 5. The number of nitrogens with zero attached hydrogens (tertiary/aromatic N) is 3. The molecule has 0 saturated heterocycles. The monoisotopic (exact) mass is 350 g/mol. The van der Waals surface area contributed by atoms with Crippen LogP contribution in [0.1, 0.15) is 34.1 Å². The molecule has 7 nitrogen and oxygen atoms in total. The number of benzene rings is 1. The van der Waals surface area contributed by atoms with Crippen LogP contribution in [0.15, 0.2) is 61.1 Å². The van der Waals surface area contributed by atoms with Gasteiger partial charge in [-0.3, -0.25) is 4.79 Å². The zero-order chi connectivity index (χ0) is 18.4. The molecule has 132 valence electrons. The van der Waals surface area contributed by atoms with Crippen LogP contribution in [-0.2, 0) is 4.74 Å². The van der Waals surface area contributed by atoms with Crippen LogP contribution in [0.4, 0.5) is 5.69 Å². The number of carbonyl (C=O) groups excluding carboxylic acids is 2.